The molecule has 2 N–H and O–H groups in total. The molecule has 5 nitrogen and oxygen atoms in total. The van der Waals surface area contributed by atoms with Crippen molar-refractivity contribution >= 4 is 34.8 Å². The average molecular weight is 386 g/mol. The first-order chi connectivity index (χ1) is 13.0. The second-order valence-electron chi connectivity index (χ2n) is 7.04. The lowest BCUT2D eigenvalue weighted by molar-refractivity contribution is -0.117. The van der Waals surface area contributed by atoms with Gasteiger partial charge in [0.15, 0.2) is 0 Å². The highest BCUT2D eigenvalue weighted by atomic mass is 35.5. The smallest absolute Gasteiger partial charge is 0.257 e. The number of anilines is 2. The number of benzene rings is 2. The van der Waals surface area contributed by atoms with Crippen LogP contribution in [0.3, 0.4) is 0 Å². The second-order valence-corrected chi connectivity index (χ2v) is 7.47. The topological polar surface area (TPSA) is 61.4 Å². The van der Waals surface area contributed by atoms with Gasteiger partial charge in [-0.3, -0.25) is 14.5 Å². The van der Waals surface area contributed by atoms with E-state index in [0.717, 1.165) is 19.5 Å². The Labute approximate surface area is 164 Å². The zero-order valence-corrected chi connectivity index (χ0v) is 16.1. The molecular formula is C21H24ClN3O2. The minimum absolute atomic E-state index is 0.101. The number of hydrogen-bond donors (Lipinski definition) is 2. The standard InChI is InChI=1S/C21H24ClN3O2/c1-15-5-4-12-25(13-15)14-20(26)24-19-7-3-2-6-18(19)21(27)23-17-10-8-16(22)9-11-17/h2-3,6-11,15H,4-5,12-14H2,1H3,(H,23,27)(H,24,26)/t15-/m0/s1. The number of nitrogens with zero attached hydrogens (tertiary/aromatic N) is 1. The highest BCUT2D eigenvalue weighted by Gasteiger charge is 2.19. The van der Waals surface area contributed by atoms with E-state index < -0.39 is 0 Å². The van der Waals surface area contributed by atoms with E-state index in [4.69, 9.17) is 11.6 Å². The van der Waals surface area contributed by atoms with E-state index in [1.165, 1.54) is 6.42 Å². The highest BCUT2D eigenvalue weighted by molar-refractivity contribution is 6.30. The number of piperidine rings is 1. The first-order valence-corrected chi connectivity index (χ1v) is 9.57. The van der Waals surface area contributed by atoms with E-state index in [2.05, 4.69) is 22.5 Å². The van der Waals surface area contributed by atoms with Crippen LogP contribution in [0.1, 0.15) is 30.1 Å². The Kier molecular flexibility index (Phi) is 6.48. The van der Waals surface area contributed by atoms with Crippen LogP contribution in [0.5, 0.6) is 0 Å². The molecule has 1 heterocycles. The van der Waals surface area contributed by atoms with E-state index in [1.54, 1.807) is 48.5 Å². The Morgan fingerprint density at radius 3 is 2.59 bits per heavy atom. The summed E-state index contributed by atoms with van der Waals surface area (Å²) in [6, 6.07) is 13.9. The number of likely N-dealkylation sites (tertiary alicyclic amines) is 1. The molecule has 1 fully saturated rings. The van der Waals surface area contributed by atoms with Gasteiger partial charge in [-0.15, -0.1) is 0 Å². The summed E-state index contributed by atoms with van der Waals surface area (Å²) in [6.07, 6.45) is 2.33. The van der Waals surface area contributed by atoms with E-state index in [1.807, 2.05) is 0 Å². The van der Waals surface area contributed by atoms with E-state index in [0.29, 0.717) is 34.4 Å². The maximum Gasteiger partial charge on any atom is 0.257 e. The van der Waals surface area contributed by atoms with Gasteiger partial charge in [0.1, 0.15) is 0 Å². The third kappa shape index (κ3) is 5.55. The molecule has 2 aromatic carbocycles. The molecule has 0 spiro atoms. The molecule has 0 radical (unpaired) electrons. The van der Waals surface area contributed by atoms with Crippen LogP contribution in [0, 0.1) is 5.92 Å². The van der Waals surface area contributed by atoms with Crippen LogP contribution < -0.4 is 10.6 Å². The quantitative estimate of drug-likeness (QED) is 0.808. The molecule has 3 rings (SSSR count). The van der Waals surface area contributed by atoms with Gasteiger partial charge < -0.3 is 10.6 Å². The molecule has 6 heteroatoms. The summed E-state index contributed by atoms with van der Waals surface area (Å²) in [6.45, 7) is 4.43. The fraction of sp³-hybridized carbons (Fsp3) is 0.333. The predicted molar refractivity (Wildman–Crippen MR) is 109 cm³/mol. The second kappa shape index (κ2) is 9.02. The third-order valence-electron chi connectivity index (χ3n) is 4.66. The van der Waals surface area contributed by atoms with Gasteiger partial charge in [-0.25, -0.2) is 0 Å². The van der Waals surface area contributed by atoms with Crippen molar-refractivity contribution in [2.75, 3.05) is 30.3 Å². The van der Waals surface area contributed by atoms with Crippen molar-refractivity contribution in [3.8, 4) is 0 Å². The molecule has 0 bridgehead atoms. The number of carbonyl (C=O) groups excluding carboxylic acids is 2. The fourth-order valence-corrected chi connectivity index (χ4v) is 3.47. The van der Waals surface area contributed by atoms with Gasteiger partial charge in [-0.05, 0) is 61.7 Å². The predicted octanol–water partition coefficient (Wildman–Crippen LogP) is 4.26. The van der Waals surface area contributed by atoms with Crippen molar-refractivity contribution in [2.45, 2.75) is 19.8 Å². The number of halogens is 1. The number of para-hydroxylation sites is 1. The monoisotopic (exact) mass is 385 g/mol. The number of hydrogen-bond acceptors (Lipinski definition) is 3. The molecule has 1 atom stereocenters. The highest BCUT2D eigenvalue weighted by Crippen LogP contribution is 2.20. The van der Waals surface area contributed by atoms with Crippen molar-refractivity contribution in [3.63, 3.8) is 0 Å². The molecule has 0 saturated carbocycles. The molecule has 142 valence electrons. The summed E-state index contributed by atoms with van der Waals surface area (Å²) in [7, 11) is 0. The Morgan fingerprint density at radius 1 is 1.11 bits per heavy atom. The summed E-state index contributed by atoms with van der Waals surface area (Å²) >= 11 is 5.87. The van der Waals surface area contributed by atoms with Crippen LogP contribution >= 0.6 is 11.6 Å². The van der Waals surface area contributed by atoms with Gasteiger partial charge in [0.2, 0.25) is 5.91 Å². The summed E-state index contributed by atoms with van der Waals surface area (Å²) in [5.74, 6) is 0.236. The van der Waals surface area contributed by atoms with Gasteiger partial charge in [0, 0.05) is 17.3 Å². The van der Waals surface area contributed by atoms with Gasteiger partial charge in [0.05, 0.1) is 17.8 Å². The molecule has 1 aliphatic rings. The van der Waals surface area contributed by atoms with Crippen LogP contribution in [-0.4, -0.2) is 36.3 Å². The molecule has 2 aromatic rings. The maximum atomic E-state index is 12.6. The van der Waals surface area contributed by atoms with Crippen molar-refractivity contribution < 1.29 is 9.59 Å². The van der Waals surface area contributed by atoms with Crippen LogP contribution in [-0.2, 0) is 4.79 Å². The van der Waals surface area contributed by atoms with Gasteiger partial charge >= 0.3 is 0 Å². The number of amides is 2. The molecule has 0 aliphatic carbocycles. The number of rotatable bonds is 5. The van der Waals surface area contributed by atoms with E-state index >= 15 is 0 Å². The Bertz CT molecular complexity index is 807. The third-order valence-corrected chi connectivity index (χ3v) is 4.91. The average Bonchev–Trinajstić information content (AvgIpc) is 2.64. The van der Waals surface area contributed by atoms with Gasteiger partial charge in [-0.1, -0.05) is 30.7 Å². The van der Waals surface area contributed by atoms with Gasteiger partial charge in [0.25, 0.3) is 5.91 Å². The van der Waals surface area contributed by atoms with Crippen molar-refractivity contribution in [1.29, 1.82) is 0 Å². The molecule has 0 aromatic heterocycles. The lowest BCUT2D eigenvalue weighted by Gasteiger charge is -2.30. The lowest BCUT2D eigenvalue weighted by Crippen LogP contribution is -2.39. The summed E-state index contributed by atoms with van der Waals surface area (Å²) in [5, 5.41) is 6.32. The maximum absolute atomic E-state index is 12.6. The van der Waals surface area contributed by atoms with Crippen LogP contribution in [0.25, 0.3) is 0 Å². The van der Waals surface area contributed by atoms with Crippen LogP contribution in [0.2, 0.25) is 5.02 Å². The first-order valence-electron chi connectivity index (χ1n) is 9.19. The number of carbonyl (C=O) groups is 2. The van der Waals surface area contributed by atoms with Crippen LogP contribution in [0.15, 0.2) is 48.5 Å². The van der Waals surface area contributed by atoms with Crippen molar-refractivity contribution in [2.24, 2.45) is 5.92 Å². The molecule has 0 unspecified atom stereocenters. The van der Waals surface area contributed by atoms with Crippen molar-refractivity contribution in [3.05, 3.63) is 59.1 Å². The summed E-state index contributed by atoms with van der Waals surface area (Å²) < 4.78 is 0. The largest absolute Gasteiger partial charge is 0.324 e. The summed E-state index contributed by atoms with van der Waals surface area (Å²) in [5.41, 5.74) is 1.58. The van der Waals surface area contributed by atoms with Crippen LogP contribution in [0.4, 0.5) is 11.4 Å². The first kappa shape index (κ1) is 19.4. The van der Waals surface area contributed by atoms with Gasteiger partial charge in [-0.2, -0.15) is 0 Å². The molecule has 2 amide bonds. The fourth-order valence-electron chi connectivity index (χ4n) is 3.34. The normalized spacial score (nSPS) is 17.3. The zero-order valence-electron chi connectivity index (χ0n) is 15.4. The molecule has 27 heavy (non-hydrogen) atoms. The van der Waals surface area contributed by atoms with E-state index in [-0.39, 0.29) is 11.8 Å². The SMILES string of the molecule is C[C@H]1CCCN(CC(=O)Nc2ccccc2C(=O)Nc2ccc(Cl)cc2)C1. The molecular weight excluding hydrogens is 362 g/mol. The summed E-state index contributed by atoms with van der Waals surface area (Å²) in [4.78, 5) is 27.3. The Morgan fingerprint density at radius 2 is 1.85 bits per heavy atom. The Balaban J connectivity index is 1.65. The minimum atomic E-state index is -0.278. The minimum Gasteiger partial charge on any atom is -0.324 e. The van der Waals surface area contributed by atoms with Crippen molar-refractivity contribution in [1.82, 2.24) is 4.90 Å². The zero-order chi connectivity index (χ0) is 19.2. The Hall–Kier alpha value is -2.37. The number of nitrogens with one attached hydrogen (secondary N) is 2. The molecule has 1 saturated heterocycles. The van der Waals surface area contributed by atoms with E-state index in [9.17, 15) is 9.59 Å². The molecule has 1 aliphatic heterocycles. The lowest BCUT2D eigenvalue weighted by atomic mass is 10.0.